The van der Waals surface area contributed by atoms with E-state index in [9.17, 15) is 0 Å². The van der Waals surface area contributed by atoms with Gasteiger partial charge in [-0.3, -0.25) is 0 Å². The molecule has 4 nitrogen and oxygen atoms in total. The third kappa shape index (κ3) is 10.7. The fourth-order valence-electron chi connectivity index (χ4n) is 17.9. The highest BCUT2D eigenvalue weighted by atomic mass is 15.0. The van der Waals surface area contributed by atoms with E-state index in [4.69, 9.17) is 0 Å². The molecule has 19 aromatic carbocycles. The largest absolute Gasteiger partial charge is 0.309 e. The van der Waals surface area contributed by atoms with Crippen molar-refractivity contribution in [2.24, 2.45) is 0 Å². The number of fused-ring (bicyclic) bond motifs is 18. The SMILES string of the molecule is c1ccc(-c2ccc(-c3cccc(-n4c5ccccc5c5ccc(-c6ccc7c8ccccc8n(-c8ccc(-c9ccccc9)cc8)c7c6)cc54)c3)cc2)cc1.c1ccc(-c2ccc(-n3c4ccccc4c4ccc(-c5ccc6c7ccccc7n(-c7ccc8c9ccccc9c9ccccc9c8c7)c6c5)cc43)cc2)cc1. The Labute approximate surface area is 647 Å². The van der Waals surface area contributed by atoms with Crippen molar-refractivity contribution in [3.05, 3.63) is 425 Å². The molecule has 0 saturated carbocycles. The summed E-state index contributed by atoms with van der Waals surface area (Å²) in [4.78, 5) is 0. The standard InChI is InChI=1S/C54H34N2.C54H36N2/c1-2-12-35(13-3-1)36-22-26-39(27-23-36)55-51-20-10-8-18-46(51)48-29-24-37(32-53(48)55)38-25-30-49-47-19-9-11-21-52(47)56(54(49)33-38)40-28-31-45-43-16-5-4-14-41(43)42-15-6-7-17-44(42)50(45)34-40;1-3-12-37(13-4-1)39-22-24-41(25-23-39)42-16-11-17-46(34-42)56-52-21-10-8-19-48(52)50-33-29-44(36-54(50)56)43-28-32-49-47-18-7-9-20-51(47)55(53(49)35-43)45-30-26-40(27-31-45)38-14-5-2-6-15-38/h1-34H;1-36H. The quantitative estimate of drug-likeness (QED) is 0.122. The molecular weight excluding hydrogens is 1350 g/mol. The molecule has 0 fully saturated rings. The first-order valence-corrected chi connectivity index (χ1v) is 38.6. The van der Waals surface area contributed by atoms with Crippen LogP contribution in [0.25, 0.3) is 209 Å². The van der Waals surface area contributed by atoms with Gasteiger partial charge in [0.05, 0.1) is 44.1 Å². The van der Waals surface area contributed by atoms with Gasteiger partial charge < -0.3 is 18.3 Å². The molecule has 0 aliphatic heterocycles. The Morgan fingerprint density at radius 2 is 0.304 bits per heavy atom. The Hall–Kier alpha value is -14.8. The third-order valence-electron chi connectivity index (χ3n) is 23.2. The van der Waals surface area contributed by atoms with E-state index in [1.54, 1.807) is 0 Å². The summed E-state index contributed by atoms with van der Waals surface area (Å²) in [6.45, 7) is 0. The Morgan fingerprint density at radius 1 is 0.0982 bits per heavy atom. The van der Waals surface area contributed by atoms with Gasteiger partial charge in [0.2, 0.25) is 0 Å². The van der Waals surface area contributed by atoms with Crippen molar-refractivity contribution in [2.45, 2.75) is 0 Å². The Morgan fingerprint density at radius 3 is 0.652 bits per heavy atom. The van der Waals surface area contributed by atoms with Gasteiger partial charge in [0, 0.05) is 65.8 Å². The van der Waals surface area contributed by atoms with Crippen LogP contribution in [0.3, 0.4) is 0 Å². The zero-order valence-corrected chi connectivity index (χ0v) is 61.2. The summed E-state index contributed by atoms with van der Waals surface area (Å²) in [5.41, 5.74) is 28.7. The molecule has 0 saturated heterocycles. The van der Waals surface area contributed by atoms with Crippen molar-refractivity contribution in [1.82, 2.24) is 18.3 Å². The number of benzene rings is 19. The number of para-hydroxylation sites is 4. The van der Waals surface area contributed by atoms with E-state index in [1.165, 1.54) is 186 Å². The highest BCUT2D eigenvalue weighted by Crippen LogP contribution is 2.44. The summed E-state index contributed by atoms with van der Waals surface area (Å²) < 4.78 is 9.72. The van der Waals surface area contributed by atoms with E-state index in [2.05, 4.69) is 443 Å². The molecule has 0 aliphatic carbocycles. The lowest BCUT2D eigenvalue weighted by molar-refractivity contribution is 1.18. The fraction of sp³-hybridized carbons (Fsp3) is 0. The van der Waals surface area contributed by atoms with Gasteiger partial charge in [-0.1, -0.05) is 328 Å². The van der Waals surface area contributed by atoms with Crippen LogP contribution in [-0.4, -0.2) is 18.3 Å². The molecule has 0 bridgehead atoms. The minimum Gasteiger partial charge on any atom is -0.309 e. The van der Waals surface area contributed by atoms with E-state index in [0.29, 0.717) is 0 Å². The smallest absolute Gasteiger partial charge is 0.0547 e. The van der Waals surface area contributed by atoms with Gasteiger partial charge in [0.25, 0.3) is 0 Å². The average Bonchev–Trinajstić information content (AvgIpc) is 1.40. The molecule has 0 atom stereocenters. The van der Waals surface area contributed by atoms with E-state index >= 15 is 0 Å². The van der Waals surface area contributed by atoms with Crippen molar-refractivity contribution in [2.75, 3.05) is 0 Å². The van der Waals surface area contributed by atoms with Gasteiger partial charge in [-0.05, 0) is 196 Å². The first-order valence-electron chi connectivity index (χ1n) is 38.6. The fourth-order valence-corrected chi connectivity index (χ4v) is 17.9. The molecular formula is C108H70N4. The average molecular weight is 1420 g/mol. The molecule has 4 aromatic heterocycles. The van der Waals surface area contributed by atoms with Crippen LogP contribution in [0.1, 0.15) is 0 Å². The van der Waals surface area contributed by atoms with Crippen molar-refractivity contribution in [1.29, 1.82) is 0 Å². The lowest BCUT2D eigenvalue weighted by Gasteiger charge is -2.14. The number of hydrogen-bond acceptors (Lipinski definition) is 0. The normalized spacial score (nSPS) is 11.8. The van der Waals surface area contributed by atoms with Crippen molar-refractivity contribution in [3.63, 3.8) is 0 Å². The van der Waals surface area contributed by atoms with Gasteiger partial charge in [0.15, 0.2) is 0 Å². The number of aromatic nitrogens is 4. The summed E-state index contributed by atoms with van der Waals surface area (Å²) in [5, 5.41) is 17.7. The molecule has 0 spiro atoms. The molecule has 23 rings (SSSR count). The maximum atomic E-state index is 2.46. The monoisotopic (exact) mass is 1420 g/mol. The molecule has 0 N–H and O–H groups in total. The van der Waals surface area contributed by atoms with Gasteiger partial charge >= 0.3 is 0 Å². The van der Waals surface area contributed by atoms with E-state index in [1.807, 2.05) is 0 Å². The van der Waals surface area contributed by atoms with Crippen LogP contribution in [-0.2, 0) is 0 Å². The maximum absolute atomic E-state index is 2.46. The Balaban J connectivity index is 0.000000137. The number of nitrogens with zero attached hydrogens (tertiary/aromatic N) is 4. The summed E-state index contributed by atoms with van der Waals surface area (Å²) in [6.07, 6.45) is 0. The predicted octanol–water partition coefficient (Wildman–Crippen LogP) is 29.2. The van der Waals surface area contributed by atoms with Gasteiger partial charge in [-0.2, -0.15) is 0 Å². The highest BCUT2D eigenvalue weighted by Gasteiger charge is 2.21. The van der Waals surface area contributed by atoms with E-state index in [-0.39, 0.29) is 0 Å². The minimum atomic E-state index is 1.15. The van der Waals surface area contributed by atoms with Crippen molar-refractivity contribution < 1.29 is 0 Å². The maximum Gasteiger partial charge on any atom is 0.0547 e. The molecule has 23 aromatic rings. The van der Waals surface area contributed by atoms with Crippen LogP contribution in [0.4, 0.5) is 0 Å². The zero-order valence-electron chi connectivity index (χ0n) is 61.2. The lowest BCUT2D eigenvalue weighted by Crippen LogP contribution is -1.95. The van der Waals surface area contributed by atoms with Gasteiger partial charge in [-0.25, -0.2) is 0 Å². The van der Waals surface area contributed by atoms with Crippen molar-refractivity contribution >= 4 is 120 Å². The van der Waals surface area contributed by atoms with Crippen LogP contribution in [0, 0.1) is 0 Å². The summed E-state index contributed by atoms with van der Waals surface area (Å²) in [7, 11) is 0. The van der Waals surface area contributed by atoms with Crippen LogP contribution in [0.2, 0.25) is 0 Å². The summed E-state index contributed by atoms with van der Waals surface area (Å²) >= 11 is 0. The highest BCUT2D eigenvalue weighted by molar-refractivity contribution is 6.26. The summed E-state index contributed by atoms with van der Waals surface area (Å²) in [6, 6.07) is 155. The predicted molar refractivity (Wildman–Crippen MR) is 475 cm³/mol. The van der Waals surface area contributed by atoms with Gasteiger partial charge in [0.1, 0.15) is 0 Å². The number of hydrogen-bond donors (Lipinski definition) is 0. The lowest BCUT2D eigenvalue weighted by atomic mass is 9.94. The molecule has 112 heavy (non-hydrogen) atoms. The van der Waals surface area contributed by atoms with Crippen LogP contribution >= 0.6 is 0 Å². The first kappa shape index (κ1) is 64.3. The minimum absolute atomic E-state index is 1.15. The molecule has 0 aliphatic rings. The Kier molecular flexibility index (Phi) is 15.2. The summed E-state index contributed by atoms with van der Waals surface area (Å²) in [5.74, 6) is 0. The topological polar surface area (TPSA) is 19.7 Å². The van der Waals surface area contributed by atoms with Crippen LogP contribution in [0.15, 0.2) is 425 Å². The molecule has 4 heteroatoms. The van der Waals surface area contributed by atoms with E-state index in [0.717, 1.165) is 22.7 Å². The molecule has 4 heterocycles. The molecule has 0 unspecified atom stereocenters. The second-order valence-corrected chi connectivity index (χ2v) is 29.5. The second kappa shape index (κ2) is 26.5. The second-order valence-electron chi connectivity index (χ2n) is 29.5. The van der Waals surface area contributed by atoms with Crippen LogP contribution in [0.5, 0.6) is 0 Å². The zero-order chi connectivity index (χ0) is 73.7. The first-order chi connectivity index (χ1) is 55.5. The third-order valence-corrected chi connectivity index (χ3v) is 23.2. The Bertz CT molecular complexity index is 7590. The molecule has 522 valence electrons. The van der Waals surface area contributed by atoms with Crippen LogP contribution < -0.4 is 0 Å². The molecule has 0 amide bonds. The van der Waals surface area contributed by atoms with E-state index < -0.39 is 0 Å². The molecule has 0 radical (unpaired) electrons. The number of rotatable bonds is 10. The van der Waals surface area contributed by atoms with Gasteiger partial charge in [-0.15, -0.1) is 0 Å². The van der Waals surface area contributed by atoms with Crippen molar-refractivity contribution in [3.8, 4) is 89.5 Å².